The van der Waals surface area contributed by atoms with Gasteiger partial charge in [-0.1, -0.05) is 48.0 Å². The molecule has 2 N–H and O–H groups in total. The Hall–Kier alpha value is -1.11. The molecule has 0 unspecified atom stereocenters. The van der Waals surface area contributed by atoms with Gasteiger partial charge in [0.05, 0.1) is 4.90 Å². The van der Waals surface area contributed by atoms with Crippen LogP contribution in [-0.4, -0.2) is 25.8 Å². The highest BCUT2D eigenvalue weighted by molar-refractivity contribution is 7.89. The molecule has 0 amide bonds. The lowest BCUT2D eigenvalue weighted by molar-refractivity contribution is 0.402. The zero-order valence-corrected chi connectivity index (χ0v) is 14.9. The Morgan fingerprint density at radius 1 is 1.04 bits per heavy atom. The summed E-state index contributed by atoms with van der Waals surface area (Å²) in [5.41, 5.74) is 6.47. The van der Waals surface area contributed by atoms with Crippen LogP contribution in [0.3, 0.4) is 0 Å². The average molecular weight is 375 g/mol. The molecule has 7 heteroatoms. The summed E-state index contributed by atoms with van der Waals surface area (Å²) in [5, 5.41) is 0.402. The quantitative estimate of drug-likeness (QED) is 0.808. The number of benzene rings is 2. The fourth-order valence-electron chi connectivity index (χ4n) is 2.12. The molecule has 4 nitrogen and oxygen atoms in total. The molecule has 126 valence electrons. The van der Waals surface area contributed by atoms with Gasteiger partial charge in [-0.3, -0.25) is 0 Å². The minimum absolute atomic E-state index is 0. The number of nitrogens with zero attached hydrogens (tertiary/aromatic N) is 1. The van der Waals surface area contributed by atoms with Crippen molar-refractivity contribution in [3.8, 4) is 0 Å². The van der Waals surface area contributed by atoms with Crippen LogP contribution in [-0.2, 0) is 16.6 Å². The first-order chi connectivity index (χ1) is 10.5. The maximum atomic E-state index is 12.8. The highest BCUT2D eigenvalue weighted by Gasteiger charge is 2.24. The van der Waals surface area contributed by atoms with E-state index in [2.05, 4.69) is 0 Å². The number of halogens is 2. The first-order valence-electron chi connectivity index (χ1n) is 7.04. The molecule has 0 heterocycles. The normalized spacial score (nSPS) is 11.3. The molecule has 0 aromatic heterocycles. The fourth-order valence-corrected chi connectivity index (χ4v) is 3.88. The SMILES string of the molecule is Cl.NCCCN(Cc1ccccc1)S(=O)(=O)c1cccc(Cl)c1. The predicted molar refractivity (Wildman–Crippen MR) is 96.4 cm³/mol. The van der Waals surface area contributed by atoms with Gasteiger partial charge in [-0.15, -0.1) is 12.4 Å². The molecular weight excluding hydrogens is 355 g/mol. The molecule has 0 atom stereocenters. The zero-order valence-electron chi connectivity index (χ0n) is 12.6. The largest absolute Gasteiger partial charge is 0.330 e. The molecule has 2 aromatic rings. The highest BCUT2D eigenvalue weighted by atomic mass is 35.5. The van der Waals surface area contributed by atoms with Crippen molar-refractivity contribution in [2.24, 2.45) is 5.73 Å². The minimum atomic E-state index is -3.60. The molecule has 23 heavy (non-hydrogen) atoms. The number of nitrogens with two attached hydrogens (primary N) is 1. The van der Waals surface area contributed by atoms with Crippen molar-refractivity contribution in [2.75, 3.05) is 13.1 Å². The zero-order chi connectivity index (χ0) is 16.0. The molecule has 0 saturated heterocycles. The van der Waals surface area contributed by atoms with Crippen LogP contribution in [0.5, 0.6) is 0 Å². The summed E-state index contributed by atoms with van der Waals surface area (Å²) in [5.74, 6) is 0. The maximum Gasteiger partial charge on any atom is 0.243 e. The highest BCUT2D eigenvalue weighted by Crippen LogP contribution is 2.21. The van der Waals surface area contributed by atoms with Crippen LogP contribution in [0.2, 0.25) is 5.02 Å². The standard InChI is InChI=1S/C16H19ClN2O2S.ClH/c17-15-8-4-9-16(12-15)22(20,21)19(11-5-10-18)13-14-6-2-1-3-7-14;/h1-4,6-9,12H,5,10-11,13,18H2;1H. The summed E-state index contributed by atoms with van der Waals surface area (Å²) in [7, 11) is -3.60. The van der Waals surface area contributed by atoms with Gasteiger partial charge in [0.1, 0.15) is 0 Å². The monoisotopic (exact) mass is 374 g/mol. The van der Waals surface area contributed by atoms with Gasteiger partial charge in [-0.2, -0.15) is 4.31 Å². The predicted octanol–water partition coefficient (Wildman–Crippen LogP) is 3.30. The summed E-state index contributed by atoms with van der Waals surface area (Å²) < 4.78 is 27.1. The molecule has 0 fully saturated rings. The smallest absolute Gasteiger partial charge is 0.243 e. The van der Waals surface area contributed by atoms with Gasteiger partial charge in [0.25, 0.3) is 0 Å². The van der Waals surface area contributed by atoms with E-state index in [-0.39, 0.29) is 17.3 Å². The van der Waals surface area contributed by atoms with Crippen LogP contribution in [0.4, 0.5) is 0 Å². The first kappa shape index (κ1) is 19.9. The molecule has 2 rings (SSSR count). The molecule has 2 aromatic carbocycles. The van der Waals surface area contributed by atoms with E-state index >= 15 is 0 Å². The van der Waals surface area contributed by atoms with Gasteiger partial charge < -0.3 is 5.73 Å². The van der Waals surface area contributed by atoms with Crippen LogP contribution in [0.1, 0.15) is 12.0 Å². The first-order valence-corrected chi connectivity index (χ1v) is 8.85. The van der Waals surface area contributed by atoms with Gasteiger partial charge in [0.15, 0.2) is 0 Å². The van der Waals surface area contributed by atoms with Crippen LogP contribution in [0.25, 0.3) is 0 Å². The summed E-state index contributed by atoms with van der Waals surface area (Å²) >= 11 is 5.92. The second kappa shape index (κ2) is 9.25. The van der Waals surface area contributed by atoms with Gasteiger partial charge >= 0.3 is 0 Å². The molecule has 0 aliphatic carbocycles. The Balaban J connectivity index is 0.00000264. The van der Waals surface area contributed by atoms with Crippen molar-refractivity contribution in [3.63, 3.8) is 0 Å². The Kier molecular flexibility index (Phi) is 8.02. The molecule has 0 aliphatic rings. The second-order valence-electron chi connectivity index (χ2n) is 4.92. The molecular formula is C16H20Cl2N2O2S. The van der Waals surface area contributed by atoms with Gasteiger partial charge in [-0.05, 0) is 36.7 Å². The minimum Gasteiger partial charge on any atom is -0.330 e. The lowest BCUT2D eigenvalue weighted by Crippen LogP contribution is -2.32. The van der Waals surface area contributed by atoms with E-state index < -0.39 is 10.0 Å². The van der Waals surface area contributed by atoms with Crippen LogP contribution >= 0.6 is 24.0 Å². The van der Waals surface area contributed by atoms with E-state index in [0.717, 1.165) is 5.56 Å². The lowest BCUT2D eigenvalue weighted by atomic mass is 10.2. The summed E-state index contributed by atoms with van der Waals surface area (Å²) in [6, 6.07) is 15.8. The molecule has 0 bridgehead atoms. The lowest BCUT2D eigenvalue weighted by Gasteiger charge is -2.22. The molecule has 0 spiro atoms. The van der Waals surface area contributed by atoms with E-state index in [1.165, 1.54) is 10.4 Å². The number of hydrogen-bond donors (Lipinski definition) is 1. The number of sulfonamides is 1. The van der Waals surface area contributed by atoms with Crippen molar-refractivity contribution in [2.45, 2.75) is 17.9 Å². The van der Waals surface area contributed by atoms with Gasteiger partial charge in [-0.25, -0.2) is 8.42 Å². The van der Waals surface area contributed by atoms with E-state index in [9.17, 15) is 8.42 Å². The van der Waals surface area contributed by atoms with Crippen molar-refractivity contribution in [1.29, 1.82) is 0 Å². The number of hydrogen-bond acceptors (Lipinski definition) is 3. The third-order valence-electron chi connectivity index (χ3n) is 3.25. The van der Waals surface area contributed by atoms with E-state index in [1.807, 2.05) is 30.3 Å². The fraction of sp³-hybridized carbons (Fsp3) is 0.250. The van der Waals surface area contributed by atoms with E-state index in [1.54, 1.807) is 18.2 Å². The topological polar surface area (TPSA) is 63.4 Å². The van der Waals surface area contributed by atoms with Gasteiger partial charge in [0.2, 0.25) is 10.0 Å². The average Bonchev–Trinajstić information content (AvgIpc) is 2.52. The van der Waals surface area contributed by atoms with Crippen molar-refractivity contribution >= 4 is 34.0 Å². The molecule has 0 saturated carbocycles. The Labute approximate surface area is 148 Å². The van der Waals surface area contributed by atoms with Crippen molar-refractivity contribution < 1.29 is 8.42 Å². The summed E-state index contributed by atoms with van der Waals surface area (Å²) in [4.78, 5) is 0.202. The van der Waals surface area contributed by atoms with Gasteiger partial charge in [0, 0.05) is 18.1 Å². The Morgan fingerprint density at radius 3 is 2.35 bits per heavy atom. The second-order valence-corrected chi connectivity index (χ2v) is 7.30. The maximum absolute atomic E-state index is 12.8. The molecule has 0 radical (unpaired) electrons. The van der Waals surface area contributed by atoms with Crippen LogP contribution in [0.15, 0.2) is 59.5 Å². The van der Waals surface area contributed by atoms with Crippen LogP contribution in [0, 0.1) is 0 Å². The third-order valence-corrected chi connectivity index (χ3v) is 5.32. The van der Waals surface area contributed by atoms with Crippen LogP contribution < -0.4 is 5.73 Å². The Bertz CT molecular complexity index is 709. The van der Waals surface area contributed by atoms with Crippen molar-refractivity contribution in [1.82, 2.24) is 4.31 Å². The third kappa shape index (κ3) is 5.48. The summed E-state index contributed by atoms with van der Waals surface area (Å²) in [6.07, 6.45) is 0.604. The molecule has 0 aliphatic heterocycles. The Morgan fingerprint density at radius 2 is 1.74 bits per heavy atom. The number of rotatable bonds is 7. The van der Waals surface area contributed by atoms with E-state index in [0.29, 0.717) is 31.1 Å². The summed E-state index contributed by atoms with van der Waals surface area (Å²) in [6.45, 7) is 1.13. The van der Waals surface area contributed by atoms with E-state index in [4.69, 9.17) is 17.3 Å². The van der Waals surface area contributed by atoms with Crippen molar-refractivity contribution in [3.05, 3.63) is 65.2 Å².